The first-order valence-electron chi connectivity index (χ1n) is 7.21. The largest absolute Gasteiger partial charge is 0.465 e. The lowest BCUT2D eigenvalue weighted by atomic mass is 9.97. The summed E-state index contributed by atoms with van der Waals surface area (Å²) in [5.74, 6) is 0.0952. The van der Waals surface area contributed by atoms with Crippen LogP contribution in [-0.4, -0.2) is 20.9 Å². The summed E-state index contributed by atoms with van der Waals surface area (Å²) < 4.78 is 37.5. The quantitative estimate of drug-likeness (QED) is 0.928. The van der Waals surface area contributed by atoms with Crippen molar-refractivity contribution in [1.29, 1.82) is 0 Å². The average Bonchev–Trinajstić information content (AvgIpc) is 2.86. The van der Waals surface area contributed by atoms with Gasteiger partial charge in [0, 0.05) is 11.6 Å². The van der Waals surface area contributed by atoms with Gasteiger partial charge in [-0.15, -0.1) is 0 Å². The highest BCUT2D eigenvalue weighted by molar-refractivity contribution is 7.90. The molecule has 6 nitrogen and oxygen atoms in total. The van der Waals surface area contributed by atoms with Crippen molar-refractivity contribution in [3.8, 4) is 0 Å². The Kier molecular flexibility index (Phi) is 3.99. The Morgan fingerprint density at radius 1 is 1.26 bits per heavy atom. The van der Waals surface area contributed by atoms with Gasteiger partial charge in [0.1, 0.15) is 16.4 Å². The molecule has 2 aromatic rings. The van der Waals surface area contributed by atoms with Gasteiger partial charge in [0.15, 0.2) is 0 Å². The molecule has 0 unspecified atom stereocenters. The van der Waals surface area contributed by atoms with Crippen molar-refractivity contribution in [3.63, 3.8) is 0 Å². The molecule has 2 heterocycles. The molecule has 0 fully saturated rings. The van der Waals surface area contributed by atoms with E-state index in [-0.39, 0.29) is 10.7 Å². The third-order valence-corrected chi connectivity index (χ3v) is 5.22. The van der Waals surface area contributed by atoms with Crippen molar-refractivity contribution in [2.45, 2.75) is 31.8 Å². The summed E-state index contributed by atoms with van der Waals surface area (Å²) in [7, 11) is -3.97. The second kappa shape index (κ2) is 5.82. The molecule has 1 aliphatic rings. The number of hydrogen-bond acceptors (Lipinski definition) is 5. The molecule has 0 aliphatic carbocycles. The normalized spacial score (nSPS) is 14.3. The maximum absolute atomic E-state index is 12.5. The molecule has 1 aromatic carbocycles. The Bertz CT molecular complexity index is 867. The number of carbonyl (C=O) groups excluding carboxylic acids is 1. The van der Waals surface area contributed by atoms with E-state index in [2.05, 4.69) is 4.72 Å². The van der Waals surface area contributed by atoms with Crippen LogP contribution in [0.4, 0.5) is 0 Å². The van der Waals surface area contributed by atoms with Crippen LogP contribution in [0.2, 0.25) is 0 Å². The van der Waals surface area contributed by atoms with Crippen LogP contribution in [0.15, 0.2) is 33.6 Å². The van der Waals surface area contributed by atoms with Crippen LogP contribution in [0, 0.1) is 13.8 Å². The lowest BCUT2D eigenvalue weighted by molar-refractivity contribution is 0.0967. The summed E-state index contributed by atoms with van der Waals surface area (Å²) in [6, 6.07) is 6.63. The number of sulfonamides is 1. The maximum atomic E-state index is 12.5. The van der Waals surface area contributed by atoms with E-state index in [9.17, 15) is 13.2 Å². The Balaban J connectivity index is 1.92. The fourth-order valence-electron chi connectivity index (χ4n) is 2.74. The standard InChI is InChI=1S/C16H17NO5S/c1-10-8-15(11(2)22-10)23(19,20)17-16(18)14-5-3-4-12-9-21-7-6-13(12)14/h3-5,8H,6-7,9H2,1-2H3,(H,17,18). The maximum Gasteiger partial charge on any atom is 0.267 e. The van der Waals surface area contributed by atoms with Gasteiger partial charge < -0.3 is 9.15 Å². The van der Waals surface area contributed by atoms with Gasteiger partial charge >= 0.3 is 0 Å². The Hall–Kier alpha value is -2.12. The minimum atomic E-state index is -3.97. The van der Waals surface area contributed by atoms with Gasteiger partial charge in [0.05, 0.1) is 13.2 Å². The van der Waals surface area contributed by atoms with Crippen molar-refractivity contribution in [1.82, 2.24) is 4.72 Å². The average molecular weight is 335 g/mol. The van der Waals surface area contributed by atoms with E-state index >= 15 is 0 Å². The zero-order chi connectivity index (χ0) is 16.6. The molecule has 1 aromatic heterocycles. The highest BCUT2D eigenvalue weighted by Crippen LogP contribution is 2.23. The summed E-state index contributed by atoms with van der Waals surface area (Å²) in [6.07, 6.45) is 0.586. The molecule has 3 rings (SSSR count). The molecule has 0 saturated heterocycles. The number of carbonyl (C=O) groups is 1. The van der Waals surface area contributed by atoms with Crippen LogP contribution < -0.4 is 4.72 Å². The van der Waals surface area contributed by atoms with Crippen LogP contribution in [0.1, 0.15) is 33.0 Å². The van der Waals surface area contributed by atoms with Crippen LogP contribution in [0.25, 0.3) is 0 Å². The Labute approximate surface area is 134 Å². The highest BCUT2D eigenvalue weighted by atomic mass is 32.2. The minimum Gasteiger partial charge on any atom is -0.465 e. The number of ether oxygens (including phenoxy) is 1. The fourth-order valence-corrected chi connectivity index (χ4v) is 3.95. The number of benzene rings is 1. The topological polar surface area (TPSA) is 85.6 Å². The van der Waals surface area contributed by atoms with E-state index in [0.717, 1.165) is 11.1 Å². The number of hydrogen-bond donors (Lipinski definition) is 1. The van der Waals surface area contributed by atoms with Crippen molar-refractivity contribution in [3.05, 3.63) is 52.5 Å². The molecule has 0 radical (unpaired) electrons. The Morgan fingerprint density at radius 2 is 2.04 bits per heavy atom. The van der Waals surface area contributed by atoms with Crippen molar-refractivity contribution in [2.24, 2.45) is 0 Å². The van der Waals surface area contributed by atoms with Crippen LogP contribution >= 0.6 is 0 Å². The molecular formula is C16H17NO5S. The van der Waals surface area contributed by atoms with Gasteiger partial charge in [-0.2, -0.15) is 0 Å². The predicted octanol–water partition coefficient (Wildman–Crippen LogP) is 2.09. The number of amides is 1. The van der Waals surface area contributed by atoms with E-state index < -0.39 is 15.9 Å². The molecule has 1 aliphatic heterocycles. The summed E-state index contributed by atoms with van der Waals surface area (Å²) in [5, 5.41) is 0. The molecule has 7 heteroatoms. The molecule has 0 atom stereocenters. The van der Waals surface area contributed by atoms with Gasteiger partial charge in [0.25, 0.3) is 15.9 Å². The number of fused-ring (bicyclic) bond motifs is 1. The van der Waals surface area contributed by atoms with Crippen LogP contribution in [0.3, 0.4) is 0 Å². The van der Waals surface area contributed by atoms with Crippen molar-refractivity contribution in [2.75, 3.05) is 6.61 Å². The number of furan rings is 1. The molecule has 1 N–H and O–H groups in total. The predicted molar refractivity (Wildman–Crippen MR) is 82.6 cm³/mol. The Morgan fingerprint density at radius 3 is 2.74 bits per heavy atom. The zero-order valence-electron chi connectivity index (χ0n) is 12.9. The molecule has 1 amide bonds. The van der Waals surface area contributed by atoms with E-state index in [0.29, 0.717) is 31.0 Å². The van der Waals surface area contributed by atoms with E-state index in [1.54, 1.807) is 26.0 Å². The van der Waals surface area contributed by atoms with Crippen LogP contribution in [0.5, 0.6) is 0 Å². The van der Waals surface area contributed by atoms with E-state index in [1.165, 1.54) is 6.07 Å². The summed E-state index contributed by atoms with van der Waals surface area (Å²) in [4.78, 5) is 12.4. The summed E-state index contributed by atoms with van der Waals surface area (Å²) in [5.41, 5.74) is 2.12. The smallest absolute Gasteiger partial charge is 0.267 e. The second-order valence-electron chi connectivity index (χ2n) is 5.46. The van der Waals surface area contributed by atoms with Gasteiger partial charge in [-0.25, -0.2) is 13.1 Å². The number of rotatable bonds is 3. The summed E-state index contributed by atoms with van der Waals surface area (Å²) in [6.45, 7) is 4.16. The lowest BCUT2D eigenvalue weighted by Crippen LogP contribution is -2.32. The van der Waals surface area contributed by atoms with Crippen molar-refractivity contribution < 1.29 is 22.4 Å². The first-order valence-corrected chi connectivity index (χ1v) is 8.69. The number of nitrogens with one attached hydrogen (secondary N) is 1. The van der Waals surface area contributed by atoms with E-state index in [4.69, 9.17) is 9.15 Å². The van der Waals surface area contributed by atoms with Gasteiger partial charge in [-0.1, -0.05) is 12.1 Å². The molecular weight excluding hydrogens is 318 g/mol. The lowest BCUT2D eigenvalue weighted by Gasteiger charge is -2.19. The summed E-state index contributed by atoms with van der Waals surface area (Å²) >= 11 is 0. The van der Waals surface area contributed by atoms with Gasteiger partial charge in [0.2, 0.25) is 0 Å². The molecule has 0 saturated carbocycles. The SMILES string of the molecule is Cc1cc(S(=O)(=O)NC(=O)c2cccc3c2CCOC3)c(C)o1. The van der Waals surface area contributed by atoms with Gasteiger partial charge in [-0.3, -0.25) is 4.79 Å². The number of aryl methyl sites for hydroxylation is 2. The molecule has 0 bridgehead atoms. The first kappa shape index (κ1) is 15.8. The minimum absolute atomic E-state index is 0.0171. The first-order chi connectivity index (χ1) is 10.9. The van der Waals surface area contributed by atoms with Crippen LogP contribution in [-0.2, 0) is 27.8 Å². The van der Waals surface area contributed by atoms with E-state index in [1.807, 2.05) is 6.07 Å². The molecule has 0 spiro atoms. The van der Waals surface area contributed by atoms with Gasteiger partial charge in [-0.05, 0) is 37.5 Å². The molecule has 23 heavy (non-hydrogen) atoms. The molecule has 122 valence electrons. The monoisotopic (exact) mass is 335 g/mol. The highest BCUT2D eigenvalue weighted by Gasteiger charge is 2.25. The van der Waals surface area contributed by atoms with Crippen molar-refractivity contribution >= 4 is 15.9 Å². The zero-order valence-corrected chi connectivity index (χ0v) is 13.7. The third-order valence-electron chi connectivity index (χ3n) is 3.78. The fraction of sp³-hybridized carbons (Fsp3) is 0.312. The second-order valence-corrected chi connectivity index (χ2v) is 7.11. The third kappa shape index (κ3) is 3.02.